The Bertz CT molecular complexity index is 536. The molecule has 1 aliphatic rings. The topological polar surface area (TPSA) is 75.5 Å². The lowest BCUT2D eigenvalue weighted by Gasteiger charge is -2.24. The number of nitrogens with zero attached hydrogens (tertiary/aromatic N) is 2. The molecule has 1 aromatic rings. The number of hydrogen-bond acceptors (Lipinski definition) is 4. The van der Waals surface area contributed by atoms with Crippen molar-refractivity contribution in [3.63, 3.8) is 0 Å². The summed E-state index contributed by atoms with van der Waals surface area (Å²) in [6, 6.07) is 2.96. The zero-order valence-corrected chi connectivity index (χ0v) is 11.1. The molecule has 1 saturated heterocycles. The fourth-order valence-corrected chi connectivity index (χ4v) is 2.54. The van der Waals surface area contributed by atoms with E-state index in [0.29, 0.717) is 13.1 Å². The fraction of sp³-hybridized carbons (Fsp3) is 0.462. The van der Waals surface area contributed by atoms with Crippen molar-refractivity contribution < 1.29 is 14.1 Å². The molecule has 1 N–H and O–H groups in total. The highest BCUT2D eigenvalue weighted by molar-refractivity contribution is 5.98. The van der Waals surface area contributed by atoms with Crippen LogP contribution < -0.4 is 5.32 Å². The van der Waals surface area contributed by atoms with Crippen LogP contribution in [0.15, 0.2) is 18.2 Å². The minimum Gasteiger partial charge on any atom is -0.334 e. The summed E-state index contributed by atoms with van der Waals surface area (Å²) in [6.45, 7) is 1.16. The number of nitrogens with one attached hydrogen (secondary N) is 1. The summed E-state index contributed by atoms with van der Waals surface area (Å²) in [5, 5.41) is 14.0. The monoisotopic (exact) mass is 281 g/mol. The van der Waals surface area contributed by atoms with E-state index in [1.807, 2.05) is 0 Å². The van der Waals surface area contributed by atoms with Gasteiger partial charge < -0.3 is 10.2 Å². The summed E-state index contributed by atoms with van der Waals surface area (Å²) >= 11 is 0. The molecule has 1 amide bonds. The van der Waals surface area contributed by atoms with E-state index < -0.39 is 16.6 Å². The average Bonchev–Trinajstić information content (AvgIpc) is 2.86. The number of amides is 1. The van der Waals surface area contributed by atoms with Crippen LogP contribution in [0.1, 0.15) is 23.2 Å². The molecule has 7 heteroatoms. The Morgan fingerprint density at radius 3 is 3.00 bits per heavy atom. The minimum absolute atomic E-state index is 0.00429. The summed E-state index contributed by atoms with van der Waals surface area (Å²) in [5.74, 6) is -1.13. The zero-order chi connectivity index (χ0) is 14.7. The Balaban J connectivity index is 2.33. The van der Waals surface area contributed by atoms with Crippen molar-refractivity contribution in [2.24, 2.45) is 0 Å². The third-order valence-electron chi connectivity index (χ3n) is 3.46. The van der Waals surface area contributed by atoms with Crippen molar-refractivity contribution >= 4 is 11.6 Å². The Labute approximate surface area is 115 Å². The number of nitro benzene ring substituents is 1. The number of benzene rings is 1. The van der Waals surface area contributed by atoms with Gasteiger partial charge in [0.2, 0.25) is 0 Å². The van der Waals surface area contributed by atoms with E-state index in [-0.39, 0.29) is 17.3 Å². The second-order valence-corrected chi connectivity index (χ2v) is 4.77. The van der Waals surface area contributed by atoms with E-state index in [0.717, 1.165) is 31.0 Å². The van der Waals surface area contributed by atoms with Gasteiger partial charge >= 0.3 is 0 Å². The Hall–Kier alpha value is -2.02. The molecular weight excluding hydrogens is 265 g/mol. The van der Waals surface area contributed by atoms with E-state index in [9.17, 15) is 19.3 Å². The number of halogens is 1. The van der Waals surface area contributed by atoms with Gasteiger partial charge in [-0.2, -0.15) is 0 Å². The smallest absolute Gasteiger partial charge is 0.282 e. The average molecular weight is 281 g/mol. The quantitative estimate of drug-likeness (QED) is 0.671. The van der Waals surface area contributed by atoms with Crippen LogP contribution in [0, 0.1) is 15.9 Å². The molecular formula is C13H16FN3O3. The zero-order valence-electron chi connectivity index (χ0n) is 11.1. The number of hydrogen-bond donors (Lipinski definition) is 1. The molecule has 0 bridgehead atoms. The van der Waals surface area contributed by atoms with Crippen molar-refractivity contribution in [1.29, 1.82) is 0 Å². The molecule has 0 radical (unpaired) electrons. The number of nitro groups is 1. The van der Waals surface area contributed by atoms with Crippen LogP contribution in [-0.4, -0.2) is 41.9 Å². The van der Waals surface area contributed by atoms with Gasteiger partial charge in [-0.05, 0) is 32.0 Å². The van der Waals surface area contributed by atoms with Gasteiger partial charge in [0, 0.05) is 25.2 Å². The molecule has 1 aliphatic heterocycles. The lowest BCUT2D eigenvalue weighted by molar-refractivity contribution is -0.385. The predicted molar refractivity (Wildman–Crippen MR) is 71.0 cm³/mol. The van der Waals surface area contributed by atoms with Crippen molar-refractivity contribution in [1.82, 2.24) is 10.2 Å². The van der Waals surface area contributed by atoms with Crippen LogP contribution in [-0.2, 0) is 0 Å². The maximum absolute atomic E-state index is 13.3. The first-order chi connectivity index (χ1) is 9.54. The van der Waals surface area contributed by atoms with Crippen LogP contribution in [0.25, 0.3) is 0 Å². The maximum Gasteiger partial charge on any atom is 0.282 e. The van der Waals surface area contributed by atoms with Crippen molar-refractivity contribution in [2.75, 3.05) is 20.1 Å². The van der Waals surface area contributed by atoms with Crippen LogP contribution in [0.4, 0.5) is 10.1 Å². The number of likely N-dealkylation sites (N-methyl/N-ethyl adjacent to an activating group) is 1. The van der Waals surface area contributed by atoms with Gasteiger partial charge in [0.25, 0.3) is 11.6 Å². The second kappa shape index (κ2) is 5.96. The summed E-state index contributed by atoms with van der Waals surface area (Å²) in [4.78, 5) is 24.3. The van der Waals surface area contributed by atoms with Gasteiger partial charge in [0.1, 0.15) is 11.4 Å². The molecule has 2 rings (SSSR count). The Kier molecular flexibility index (Phi) is 4.29. The number of rotatable bonds is 4. The fourth-order valence-electron chi connectivity index (χ4n) is 2.54. The minimum atomic E-state index is -0.657. The number of likely N-dealkylation sites (tertiary alicyclic amines) is 1. The first-order valence-electron chi connectivity index (χ1n) is 6.44. The van der Waals surface area contributed by atoms with Crippen LogP contribution in [0.2, 0.25) is 0 Å². The molecule has 0 saturated carbocycles. The summed E-state index contributed by atoms with van der Waals surface area (Å²) in [6.07, 6.45) is 1.69. The van der Waals surface area contributed by atoms with E-state index in [2.05, 4.69) is 5.32 Å². The van der Waals surface area contributed by atoms with Crippen LogP contribution in [0.3, 0.4) is 0 Å². The molecule has 1 fully saturated rings. The lowest BCUT2D eigenvalue weighted by Crippen LogP contribution is -2.41. The van der Waals surface area contributed by atoms with Gasteiger partial charge in [-0.1, -0.05) is 0 Å². The normalized spacial score (nSPS) is 18.3. The van der Waals surface area contributed by atoms with E-state index in [1.54, 1.807) is 11.9 Å². The van der Waals surface area contributed by atoms with Gasteiger partial charge in [-0.15, -0.1) is 0 Å². The molecule has 1 atom stereocenters. The maximum atomic E-state index is 13.3. The third-order valence-corrected chi connectivity index (χ3v) is 3.46. The summed E-state index contributed by atoms with van der Waals surface area (Å²) in [5.41, 5.74) is -0.537. The number of carbonyl (C=O) groups excluding carboxylic acids is 1. The third kappa shape index (κ3) is 2.77. The van der Waals surface area contributed by atoms with Gasteiger partial charge in [0.15, 0.2) is 0 Å². The van der Waals surface area contributed by atoms with E-state index >= 15 is 0 Å². The summed E-state index contributed by atoms with van der Waals surface area (Å²) < 4.78 is 13.3. The highest BCUT2D eigenvalue weighted by Gasteiger charge is 2.32. The van der Waals surface area contributed by atoms with Crippen molar-refractivity contribution in [3.05, 3.63) is 39.7 Å². The molecule has 1 heterocycles. The Morgan fingerprint density at radius 2 is 2.35 bits per heavy atom. The molecule has 6 nitrogen and oxygen atoms in total. The molecule has 20 heavy (non-hydrogen) atoms. The van der Waals surface area contributed by atoms with Crippen molar-refractivity contribution in [2.45, 2.75) is 18.9 Å². The summed E-state index contributed by atoms with van der Waals surface area (Å²) in [7, 11) is 1.78. The second-order valence-electron chi connectivity index (χ2n) is 4.77. The van der Waals surface area contributed by atoms with Crippen LogP contribution >= 0.6 is 0 Å². The molecule has 108 valence electrons. The van der Waals surface area contributed by atoms with E-state index in [4.69, 9.17) is 0 Å². The van der Waals surface area contributed by atoms with E-state index in [1.165, 1.54) is 0 Å². The van der Waals surface area contributed by atoms with Gasteiger partial charge in [-0.25, -0.2) is 4.39 Å². The highest BCUT2D eigenvalue weighted by atomic mass is 19.1. The lowest BCUT2D eigenvalue weighted by atomic mass is 10.1. The SMILES string of the molecule is CNCC1CCCN1C(=O)c1cc(F)ccc1[N+](=O)[O-]. The standard InChI is InChI=1S/C13H16FN3O3/c1-15-8-10-3-2-6-16(10)13(18)11-7-9(14)4-5-12(11)17(19)20/h4-5,7,10,15H,2-3,6,8H2,1H3. The first-order valence-corrected chi connectivity index (χ1v) is 6.44. The molecule has 0 aliphatic carbocycles. The molecule has 1 unspecified atom stereocenters. The molecule has 1 aromatic carbocycles. The molecule has 0 aromatic heterocycles. The predicted octanol–water partition coefficient (Wildman–Crippen LogP) is 1.56. The number of carbonyl (C=O) groups is 1. The van der Waals surface area contributed by atoms with Gasteiger partial charge in [-0.3, -0.25) is 14.9 Å². The largest absolute Gasteiger partial charge is 0.334 e. The first kappa shape index (κ1) is 14.4. The van der Waals surface area contributed by atoms with Gasteiger partial charge in [0.05, 0.1) is 4.92 Å². The molecule has 0 spiro atoms. The highest BCUT2D eigenvalue weighted by Crippen LogP contribution is 2.25. The van der Waals surface area contributed by atoms with Crippen molar-refractivity contribution in [3.8, 4) is 0 Å². The Morgan fingerprint density at radius 1 is 1.60 bits per heavy atom. The van der Waals surface area contributed by atoms with Crippen LogP contribution in [0.5, 0.6) is 0 Å².